The Kier molecular flexibility index (Phi) is 6.01. The first-order valence-electron chi connectivity index (χ1n) is 8.93. The highest BCUT2D eigenvalue weighted by Crippen LogP contribution is 2.23. The number of rotatable bonds is 8. The predicted octanol–water partition coefficient (Wildman–Crippen LogP) is 4.28. The molecule has 0 atom stereocenters. The average molecular weight is 385 g/mol. The van der Waals surface area contributed by atoms with Crippen LogP contribution in [0.4, 0.5) is 0 Å². The monoisotopic (exact) mass is 384 g/mol. The molecule has 0 amide bonds. The van der Waals surface area contributed by atoms with E-state index in [0.29, 0.717) is 16.7 Å². The maximum atomic E-state index is 12.6. The van der Waals surface area contributed by atoms with Crippen molar-refractivity contribution in [3.8, 4) is 17.1 Å². The number of hydrogen-bond acceptors (Lipinski definition) is 5. The van der Waals surface area contributed by atoms with Crippen LogP contribution in [0.3, 0.4) is 0 Å². The molecule has 7 heteroatoms. The van der Waals surface area contributed by atoms with Gasteiger partial charge in [0.1, 0.15) is 5.75 Å². The summed E-state index contributed by atoms with van der Waals surface area (Å²) in [5.74, 6) is 1.88. The average Bonchev–Trinajstić information content (AvgIpc) is 3.26. The zero-order chi connectivity index (χ0) is 19.4. The van der Waals surface area contributed by atoms with E-state index in [2.05, 4.69) is 26.7 Å². The number of aromatic amines is 1. The number of thioether (sulfide) groups is 1. The van der Waals surface area contributed by atoms with E-state index in [4.69, 9.17) is 4.74 Å². The smallest absolute Gasteiger partial charge is 0.209 e. The molecule has 0 fully saturated rings. The highest BCUT2D eigenvalue weighted by Gasteiger charge is 2.16. The topological polar surface area (TPSA) is 72.8 Å². The lowest BCUT2D eigenvalue weighted by Gasteiger charge is -2.07. The fourth-order valence-corrected chi connectivity index (χ4v) is 3.73. The minimum Gasteiger partial charge on any atom is -0.497 e. The van der Waals surface area contributed by atoms with Crippen molar-refractivity contribution < 1.29 is 9.53 Å². The number of aryl methyl sites for hydroxylation is 1. The Bertz CT molecular complexity index is 928. The molecular formula is C20H24N4O2S. The number of aromatic nitrogens is 4. The minimum atomic E-state index is 0.103. The van der Waals surface area contributed by atoms with Gasteiger partial charge < -0.3 is 9.30 Å². The number of ether oxygens (including phenoxy) is 1. The molecule has 6 nitrogen and oxygen atoms in total. The molecule has 0 radical (unpaired) electrons. The third-order valence-corrected chi connectivity index (χ3v) is 5.33. The van der Waals surface area contributed by atoms with Gasteiger partial charge in [0, 0.05) is 29.1 Å². The normalized spacial score (nSPS) is 11.0. The van der Waals surface area contributed by atoms with E-state index in [1.54, 1.807) is 7.11 Å². The third kappa shape index (κ3) is 4.24. The zero-order valence-corrected chi connectivity index (χ0v) is 16.9. The summed E-state index contributed by atoms with van der Waals surface area (Å²) in [4.78, 5) is 17.1. The Hall–Kier alpha value is -2.54. The molecule has 27 heavy (non-hydrogen) atoms. The highest BCUT2D eigenvalue weighted by molar-refractivity contribution is 7.99. The van der Waals surface area contributed by atoms with E-state index >= 15 is 0 Å². The molecule has 2 heterocycles. The van der Waals surface area contributed by atoms with Gasteiger partial charge in [0.25, 0.3) is 0 Å². The van der Waals surface area contributed by atoms with Crippen LogP contribution in [0.25, 0.3) is 11.4 Å². The maximum absolute atomic E-state index is 12.6. The van der Waals surface area contributed by atoms with Crippen LogP contribution in [0, 0.1) is 13.8 Å². The van der Waals surface area contributed by atoms with Crippen molar-refractivity contribution in [2.45, 2.75) is 38.9 Å². The number of carbonyl (C=O) groups is 1. The van der Waals surface area contributed by atoms with Crippen LogP contribution in [0.2, 0.25) is 0 Å². The first kappa shape index (κ1) is 19.2. The van der Waals surface area contributed by atoms with Gasteiger partial charge in [-0.25, -0.2) is 4.98 Å². The molecule has 0 aliphatic carbocycles. The van der Waals surface area contributed by atoms with Gasteiger partial charge in [-0.2, -0.15) is 0 Å². The van der Waals surface area contributed by atoms with Crippen LogP contribution in [-0.4, -0.2) is 38.4 Å². The van der Waals surface area contributed by atoms with Gasteiger partial charge in [0.15, 0.2) is 11.6 Å². The molecule has 0 aliphatic rings. The molecule has 1 N–H and O–H groups in total. The summed E-state index contributed by atoms with van der Waals surface area (Å²) >= 11 is 1.35. The largest absolute Gasteiger partial charge is 0.497 e. The fourth-order valence-electron chi connectivity index (χ4n) is 3.05. The molecule has 0 saturated heterocycles. The first-order chi connectivity index (χ1) is 13.0. The first-order valence-corrected chi connectivity index (χ1v) is 9.91. The molecule has 0 spiro atoms. The molecule has 142 valence electrons. The Labute approximate surface area is 163 Å². The Morgan fingerprint density at radius 2 is 2.00 bits per heavy atom. The van der Waals surface area contributed by atoms with Crippen molar-refractivity contribution in [1.29, 1.82) is 0 Å². The quantitative estimate of drug-likeness (QED) is 0.463. The number of H-pyrrole nitrogens is 1. The maximum Gasteiger partial charge on any atom is 0.209 e. The fraction of sp³-hybridized carbons (Fsp3) is 0.350. The molecular weight excluding hydrogens is 360 g/mol. The van der Waals surface area contributed by atoms with E-state index in [1.165, 1.54) is 11.8 Å². The summed E-state index contributed by atoms with van der Waals surface area (Å²) in [7, 11) is 1.63. The van der Waals surface area contributed by atoms with Gasteiger partial charge in [0.05, 0.1) is 12.9 Å². The van der Waals surface area contributed by atoms with Crippen LogP contribution < -0.4 is 4.74 Å². The third-order valence-electron chi connectivity index (χ3n) is 4.48. The van der Waals surface area contributed by atoms with Gasteiger partial charge >= 0.3 is 0 Å². The van der Waals surface area contributed by atoms with Gasteiger partial charge in [-0.3, -0.25) is 9.89 Å². The Morgan fingerprint density at radius 3 is 2.67 bits per heavy atom. The number of methoxy groups -OCH3 is 1. The number of carbonyl (C=O) groups excluding carboxylic acids is 1. The second-order valence-corrected chi connectivity index (χ2v) is 7.29. The summed E-state index contributed by atoms with van der Waals surface area (Å²) < 4.78 is 7.36. The van der Waals surface area contributed by atoms with Crippen LogP contribution in [0.5, 0.6) is 5.75 Å². The highest BCUT2D eigenvalue weighted by atomic mass is 32.2. The van der Waals surface area contributed by atoms with E-state index in [9.17, 15) is 4.79 Å². The molecule has 3 aromatic rings. The van der Waals surface area contributed by atoms with E-state index in [0.717, 1.165) is 41.2 Å². The predicted molar refractivity (Wildman–Crippen MR) is 108 cm³/mol. The van der Waals surface area contributed by atoms with Crippen LogP contribution in [0.1, 0.15) is 35.1 Å². The number of ketones is 1. The van der Waals surface area contributed by atoms with Crippen molar-refractivity contribution in [3.05, 3.63) is 47.3 Å². The number of hydrogen-bond donors (Lipinski definition) is 1. The van der Waals surface area contributed by atoms with Crippen LogP contribution in [-0.2, 0) is 6.54 Å². The number of nitrogens with zero attached hydrogens (tertiary/aromatic N) is 3. The van der Waals surface area contributed by atoms with Gasteiger partial charge in [-0.05, 0) is 50.6 Å². The summed E-state index contributed by atoms with van der Waals surface area (Å²) in [5.41, 5.74) is 3.88. The molecule has 1 aromatic carbocycles. The number of nitrogens with one attached hydrogen (secondary N) is 1. The molecule has 0 aliphatic heterocycles. The van der Waals surface area contributed by atoms with Crippen molar-refractivity contribution in [1.82, 2.24) is 19.7 Å². The van der Waals surface area contributed by atoms with Crippen molar-refractivity contribution in [3.63, 3.8) is 0 Å². The second-order valence-electron chi connectivity index (χ2n) is 6.34. The lowest BCUT2D eigenvalue weighted by Crippen LogP contribution is -2.06. The van der Waals surface area contributed by atoms with Crippen molar-refractivity contribution in [2.24, 2.45) is 0 Å². The summed E-state index contributed by atoms with van der Waals surface area (Å²) in [5, 5.41) is 7.71. The molecule has 0 saturated carbocycles. The molecule has 0 unspecified atom stereocenters. The summed E-state index contributed by atoms with van der Waals surface area (Å²) in [6, 6.07) is 9.57. The lowest BCUT2D eigenvalue weighted by molar-refractivity contribution is 0.102. The SMILES string of the molecule is CCCn1c(C)cc(C(=O)CSc2n[nH]c(-c3ccc(OC)cc3)n2)c1C. The second kappa shape index (κ2) is 8.43. The Balaban J connectivity index is 1.66. The number of Topliss-reactive ketones (excluding diaryl/α,β-unsaturated/α-hetero) is 1. The summed E-state index contributed by atoms with van der Waals surface area (Å²) in [6.45, 7) is 7.13. The van der Waals surface area contributed by atoms with Gasteiger partial charge in [-0.15, -0.1) is 5.10 Å². The molecule has 2 aromatic heterocycles. The zero-order valence-electron chi connectivity index (χ0n) is 16.1. The van der Waals surface area contributed by atoms with Crippen LogP contribution >= 0.6 is 11.8 Å². The lowest BCUT2D eigenvalue weighted by atomic mass is 10.2. The van der Waals surface area contributed by atoms with Crippen molar-refractivity contribution in [2.75, 3.05) is 12.9 Å². The minimum absolute atomic E-state index is 0.103. The summed E-state index contributed by atoms with van der Waals surface area (Å²) in [6.07, 6.45) is 1.05. The van der Waals surface area contributed by atoms with Crippen LogP contribution in [0.15, 0.2) is 35.5 Å². The molecule has 3 rings (SSSR count). The van der Waals surface area contributed by atoms with E-state index in [-0.39, 0.29) is 5.78 Å². The Morgan fingerprint density at radius 1 is 1.26 bits per heavy atom. The van der Waals surface area contributed by atoms with Gasteiger partial charge in [0.2, 0.25) is 5.16 Å². The van der Waals surface area contributed by atoms with E-state index in [1.807, 2.05) is 44.2 Å². The van der Waals surface area contributed by atoms with Crippen molar-refractivity contribution >= 4 is 17.5 Å². The standard InChI is InChI=1S/C20H24N4O2S/c1-5-10-24-13(2)11-17(14(24)3)18(25)12-27-20-21-19(22-23-20)15-6-8-16(26-4)9-7-15/h6-9,11H,5,10,12H2,1-4H3,(H,21,22,23). The number of benzene rings is 1. The molecule has 0 bridgehead atoms. The van der Waals surface area contributed by atoms with E-state index < -0.39 is 0 Å². The van der Waals surface area contributed by atoms with Gasteiger partial charge in [-0.1, -0.05) is 18.7 Å².